The molecule has 2 aliphatic heterocycles. The first-order valence-electron chi connectivity index (χ1n) is 14.0. The van der Waals surface area contributed by atoms with Crippen molar-refractivity contribution in [1.29, 1.82) is 0 Å². The molecule has 9 nitrogen and oxygen atoms in total. The molecular formula is C28H37ClN4O5S. The number of benzene rings is 2. The summed E-state index contributed by atoms with van der Waals surface area (Å²) in [5.74, 6) is 1.01. The molecule has 0 saturated carbocycles. The molecule has 2 heterocycles. The Morgan fingerprint density at radius 1 is 1.21 bits per heavy atom. The lowest BCUT2D eigenvalue weighted by Crippen LogP contribution is -2.56. The summed E-state index contributed by atoms with van der Waals surface area (Å²) in [6, 6.07) is 15.8. The number of nitrogens with zero attached hydrogens (tertiary/aromatic N) is 2. The number of anilines is 1. The highest BCUT2D eigenvalue weighted by Gasteiger charge is 2.47. The summed E-state index contributed by atoms with van der Waals surface area (Å²) in [6.07, 6.45) is 2.30. The number of nitrogens with one attached hydrogen (secondary N) is 1. The molecule has 11 heteroatoms. The molecule has 1 unspecified atom stereocenters. The van der Waals surface area contributed by atoms with Crippen molar-refractivity contribution in [3.8, 4) is 0 Å². The van der Waals surface area contributed by atoms with Crippen molar-refractivity contribution in [2.24, 2.45) is 5.73 Å². The van der Waals surface area contributed by atoms with Gasteiger partial charge in [0, 0.05) is 29.2 Å². The van der Waals surface area contributed by atoms with E-state index in [9.17, 15) is 18.0 Å². The molecule has 2 aromatic rings. The number of rotatable bonds is 9. The van der Waals surface area contributed by atoms with Gasteiger partial charge >= 0.3 is 0 Å². The van der Waals surface area contributed by atoms with Crippen molar-refractivity contribution < 1.29 is 26.9 Å². The summed E-state index contributed by atoms with van der Waals surface area (Å²) in [7, 11) is -3.48. The van der Waals surface area contributed by atoms with Crippen LogP contribution < -0.4 is 15.4 Å². The lowest BCUT2D eigenvalue weighted by atomic mass is 9.74. The minimum atomic E-state index is -3.48. The van der Waals surface area contributed by atoms with Crippen molar-refractivity contribution >= 4 is 40.0 Å². The SMILES string of the molecule is Cl.[2H]C([2H])([2H])[C@@](C)(N)C(=O)NC(COCc1ccccc1)C(=C=O)N1CCC2(CC1)CN(S(C)(=O)=O)c1ccccc12. The highest BCUT2D eigenvalue weighted by atomic mass is 35.5. The van der Waals surface area contributed by atoms with Crippen LogP contribution in [0, 0.1) is 0 Å². The van der Waals surface area contributed by atoms with Crippen LogP contribution in [0.2, 0.25) is 0 Å². The molecule has 1 saturated heterocycles. The van der Waals surface area contributed by atoms with Crippen molar-refractivity contribution in [3.63, 3.8) is 0 Å². The van der Waals surface area contributed by atoms with E-state index in [-0.39, 0.29) is 31.3 Å². The van der Waals surface area contributed by atoms with Crippen LogP contribution in [0.1, 0.15) is 41.9 Å². The number of hydrogen-bond acceptors (Lipinski definition) is 7. The van der Waals surface area contributed by atoms with E-state index < -0.39 is 39.8 Å². The van der Waals surface area contributed by atoms with E-state index in [2.05, 4.69) is 5.32 Å². The Morgan fingerprint density at radius 3 is 2.46 bits per heavy atom. The van der Waals surface area contributed by atoms with Gasteiger partial charge in [-0.2, -0.15) is 0 Å². The summed E-state index contributed by atoms with van der Waals surface area (Å²) >= 11 is 0. The number of halogens is 1. The highest BCUT2D eigenvalue weighted by molar-refractivity contribution is 7.92. The first-order chi connectivity index (χ1) is 19.2. The quantitative estimate of drug-likeness (QED) is 0.437. The largest absolute Gasteiger partial charge is 0.374 e. The van der Waals surface area contributed by atoms with Crippen LogP contribution in [-0.4, -0.2) is 69.2 Å². The number of likely N-dealkylation sites (tertiary alicyclic amines) is 1. The number of carbonyl (C=O) groups is 1. The van der Waals surface area contributed by atoms with E-state index in [0.29, 0.717) is 38.2 Å². The lowest BCUT2D eigenvalue weighted by Gasteiger charge is -2.42. The minimum absolute atomic E-state index is 0. The number of nitrogens with two attached hydrogens (primary N) is 1. The predicted octanol–water partition coefficient (Wildman–Crippen LogP) is 2.38. The molecular weight excluding hydrogens is 540 g/mol. The Balaban J connectivity index is 0.00000484. The third-order valence-corrected chi connectivity index (χ3v) is 8.39. The van der Waals surface area contributed by atoms with Gasteiger partial charge in [0.2, 0.25) is 15.9 Å². The molecule has 3 N–H and O–H groups in total. The number of carbonyl (C=O) groups excluding carboxylic acids is 2. The van der Waals surface area contributed by atoms with Crippen molar-refractivity contribution in [3.05, 3.63) is 71.4 Å². The van der Waals surface area contributed by atoms with E-state index in [4.69, 9.17) is 14.6 Å². The number of hydrogen-bond donors (Lipinski definition) is 2. The fourth-order valence-corrected chi connectivity index (χ4v) is 6.20. The van der Waals surface area contributed by atoms with Gasteiger partial charge in [0.05, 0.1) is 30.7 Å². The third-order valence-electron chi connectivity index (χ3n) is 7.26. The lowest BCUT2D eigenvalue weighted by molar-refractivity contribution is -0.126. The zero-order valence-electron chi connectivity index (χ0n) is 25.1. The molecule has 1 amide bonds. The second-order valence-electron chi connectivity index (χ2n) is 10.3. The first-order valence-corrected chi connectivity index (χ1v) is 14.3. The molecule has 2 aromatic carbocycles. The number of piperidine rings is 1. The van der Waals surface area contributed by atoms with E-state index in [1.54, 1.807) is 11.0 Å². The van der Waals surface area contributed by atoms with Gasteiger partial charge in [0.1, 0.15) is 17.7 Å². The number of amides is 1. The fourth-order valence-electron chi connectivity index (χ4n) is 5.21. The van der Waals surface area contributed by atoms with Gasteiger partial charge < -0.3 is 20.7 Å². The Bertz CT molecular complexity index is 1420. The summed E-state index contributed by atoms with van der Waals surface area (Å²) in [6.45, 7) is -0.479. The minimum Gasteiger partial charge on any atom is -0.374 e. The van der Waals surface area contributed by atoms with Gasteiger partial charge in [-0.25, -0.2) is 13.2 Å². The maximum Gasteiger partial charge on any atom is 0.240 e. The summed E-state index contributed by atoms with van der Waals surface area (Å²) in [5, 5.41) is 2.62. The van der Waals surface area contributed by atoms with Crippen molar-refractivity contribution in [2.45, 2.75) is 50.2 Å². The number of para-hydroxylation sites is 1. The maximum absolute atomic E-state index is 13.1. The number of sulfonamides is 1. The molecule has 212 valence electrons. The van der Waals surface area contributed by atoms with Crippen LogP contribution in [-0.2, 0) is 36.4 Å². The zero-order chi connectivity index (χ0) is 30.1. The Kier molecular flexibility index (Phi) is 8.18. The van der Waals surface area contributed by atoms with E-state index in [1.807, 2.05) is 54.5 Å². The van der Waals surface area contributed by atoms with Gasteiger partial charge in [-0.15, -0.1) is 12.4 Å². The van der Waals surface area contributed by atoms with Crippen LogP contribution in [0.3, 0.4) is 0 Å². The van der Waals surface area contributed by atoms with Gasteiger partial charge in [-0.3, -0.25) is 9.10 Å². The molecule has 39 heavy (non-hydrogen) atoms. The topological polar surface area (TPSA) is 122 Å². The molecule has 0 bridgehead atoms. The van der Waals surface area contributed by atoms with Crippen molar-refractivity contribution in [2.75, 3.05) is 36.8 Å². The second kappa shape index (κ2) is 12.1. The van der Waals surface area contributed by atoms with Gasteiger partial charge in [-0.05, 0) is 43.8 Å². The van der Waals surface area contributed by atoms with Crippen LogP contribution in [0.4, 0.5) is 5.69 Å². The van der Waals surface area contributed by atoms with E-state index >= 15 is 0 Å². The Hall–Kier alpha value is -2.88. The second-order valence-corrected chi connectivity index (χ2v) is 12.2. The van der Waals surface area contributed by atoms with Gasteiger partial charge in [-0.1, -0.05) is 48.5 Å². The molecule has 4 rings (SSSR count). The first kappa shape index (κ1) is 26.3. The molecule has 2 atom stereocenters. The molecule has 0 aromatic heterocycles. The summed E-state index contributed by atoms with van der Waals surface area (Å²) in [4.78, 5) is 27.2. The average Bonchev–Trinajstić information content (AvgIpc) is 3.24. The molecule has 0 aliphatic carbocycles. The Labute approximate surface area is 241 Å². The smallest absolute Gasteiger partial charge is 0.240 e. The van der Waals surface area contributed by atoms with Crippen LogP contribution >= 0.6 is 12.4 Å². The fraction of sp³-hybridized carbons (Fsp3) is 0.464. The maximum atomic E-state index is 13.1. The van der Waals surface area contributed by atoms with Gasteiger partial charge in [0.25, 0.3) is 0 Å². The van der Waals surface area contributed by atoms with Crippen molar-refractivity contribution in [1.82, 2.24) is 10.2 Å². The van der Waals surface area contributed by atoms with Gasteiger partial charge in [0.15, 0.2) is 0 Å². The standard InChI is InChI=1S/C28H36N4O5S.ClH/c1-27(2,29)26(34)30-23(19-37-18-21-9-5-4-6-10-21)25(17-33)31-15-13-28(14-16-31)20-32(38(3,35)36)24-12-8-7-11-22(24)28;/h4-12,23H,13-16,18-20,29H2,1-3H3,(H,30,34);1H/i1D3;/t23?,27-;/m0./s1. The normalized spacial score (nSPS) is 19.8. The summed E-state index contributed by atoms with van der Waals surface area (Å²) < 4.78 is 55.5. The van der Waals surface area contributed by atoms with Crippen LogP contribution in [0.25, 0.3) is 0 Å². The Morgan fingerprint density at radius 2 is 1.85 bits per heavy atom. The molecule has 1 spiro atoms. The highest BCUT2D eigenvalue weighted by Crippen LogP contribution is 2.48. The van der Waals surface area contributed by atoms with Crippen LogP contribution in [0.5, 0.6) is 0 Å². The van der Waals surface area contributed by atoms with Crippen LogP contribution in [0.15, 0.2) is 60.3 Å². The molecule has 0 radical (unpaired) electrons. The molecule has 2 aliphatic rings. The third kappa shape index (κ3) is 6.83. The monoisotopic (exact) mass is 579 g/mol. The predicted molar refractivity (Wildman–Crippen MR) is 154 cm³/mol. The average molecular weight is 580 g/mol. The summed E-state index contributed by atoms with van der Waals surface area (Å²) in [5.41, 5.74) is 5.90. The van der Waals surface area contributed by atoms with E-state index in [1.165, 1.54) is 10.6 Å². The molecule has 1 fully saturated rings. The van der Waals surface area contributed by atoms with E-state index in [0.717, 1.165) is 18.1 Å². The zero-order valence-corrected chi connectivity index (χ0v) is 23.7. The number of fused-ring (bicyclic) bond motifs is 2. The number of ether oxygens (including phenoxy) is 1.